The van der Waals surface area contributed by atoms with Gasteiger partial charge in [0.05, 0.1) is 12.7 Å². The molecule has 0 atom stereocenters. The number of amides is 1. The molecule has 1 N–H and O–H groups in total. The number of nitrogens with zero attached hydrogens (tertiary/aromatic N) is 5. The number of carbonyl (C=O) groups is 1. The van der Waals surface area contributed by atoms with E-state index in [1.165, 1.54) is 6.20 Å². The number of H-pyrrole nitrogens is 1. The van der Waals surface area contributed by atoms with Crippen LogP contribution in [0.3, 0.4) is 0 Å². The molecule has 0 aliphatic rings. The van der Waals surface area contributed by atoms with Crippen LogP contribution in [-0.2, 0) is 13.1 Å². The van der Waals surface area contributed by atoms with Crippen LogP contribution >= 0.6 is 0 Å². The highest BCUT2D eigenvalue weighted by Crippen LogP contribution is 2.13. The van der Waals surface area contributed by atoms with E-state index in [4.69, 9.17) is 4.42 Å². The maximum Gasteiger partial charge on any atom is 0.291 e. The van der Waals surface area contributed by atoms with Crippen LogP contribution in [0.4, 0.5) is 0 Å². The first-order chi connectivity index (χ1) is 10.7. The van der Waals surface area contributed by atoms with Crippen molar-refractivity contribution in [1.82, 2.24) is 30.5 Å². The van der Waals surface area contributed by atoms with Gasteiger partial charge in [-0.05, 0) is 5.56 Å². The van der Waals surface area contributed by atoms with Gasteiger partial charge in [-0.25, -0.2) is 4.98 Å². The number of benzene rings is 1. The minimum Gasteiger partial charge on any atom is -0.436 e. The summed E-state index contributed by atoms with van der Waals surface area (Å²) in [5.41, 5.74) is 0.996. The molecule has 8 nitrogen and oxygen atoms in total. The fourth-order valence-corrected chi connectivity index (χ4v) is 2.04. The Bertz CT molecular complexity index is 738. The molecule has 0 unspecified atom stereocenters. The molecule has 0 spiro atoms. The van der Waals surface area contributed by atoms with Crippen molar-refractivity contribution in [3.8, 4) is 0 Å². The number of oxazole rings is 1. The Morgan fingerprint density at radius 3 is 2.73 bits per heavy atom. The van der Waals surface area contributed by atoms with Gasteiger partial charge in [0, 0.05) is 13.5 Å². The molecule has 0 saturated carbocycles. The summed E-state index contributed by atoms with van der Waals surface area (Å²) >= 11 is 0. The number of nitrogens with one attached hydrogen (secondary N) is 1. The number of carbonyl (C=O) groups excluding carboxylic acids is 1. The SMILES string of the molecule is Cc1ncc(C(=O)N(Cc2ccccc2)Cc2nn[nH]n2)o1. The Hall–Kier alpha value is -3.03. The molecule has 0 aliphatic heterocycles. The van der Waals surface area contributed by atoms with E-state index in [9.17, 15) is 4.79 Å². The number of aryl methyl sites for hydroxylation is 1. The maximum absolute atomic E-state index is 12.6. The Kier molecular flexibility index (Phi) is 3.90. The van der Waals surface area contributed by atoms with Crippen molar-refractivity contribution in [3.63, 3.8) is 0 Å². The van der Waals surface area contributed by atoms with Crippen LogP contribution in [0.5, 0.6) is 0 Å². The lowest BCUT2D eigenvalue weighted by Crippen LogP contribution is -2.30. The summed E-state index contributed by atoms with van der Waals surface area (Å²) in [5.74, 6) is 0.800. The molecule has 112 valence electrons. The third-order valence-electron chi connectivity index (χ3n) is 3.06. The van der Waals surface area contributed by atoms with Crippen LogP contribution in [-0.4, -0.2) is 36.4 Å². The highest BCUT2D eigenvalue weighted by atomic mass is 16.4. The molecule has 0 bridgehead atoms. The quantitative estimate of drug-likeness (QED) is 0.762. The van der Waals surface area contributed by atoms with E-state index < -0.39 is 0 Å². The van der Waals surface area contributed by atoms with E-state index in [2.05, 4.69) is 25.6 Å². The molecule has 1 aromatic carbocycles. The average molecular weight is 298 g/mol. The van der Waals surface area contributed by atoms with Crippen molar-refractivity contribution in [2.24, 2.45) is 0 Å². The molecular formula is C14H14N6O2. The Morgan fingerprint density at radius 1 is 1.27 bits per heavy atom. The van der Waals surface area contributed by atoms with Gasteiger partial charge in [-0.2, -0.15) is 5.21 Å². The van der Waals surface area contributed by atoms with Gasteiger partial charge in [0.1, 0.15) is 0 Å². The lowest BCUT2D eigenvalue weighted by molar-refractivity contribution is 0.0691. The van der Waals surface area contributed by atoms with Crippen molar-refractivity contribution in [2.45, 2.75) is 20.0 Å². The van der Waals surface area contributed by atoms with Gasteiger partial charge in [0.2, 0.25) is 5.76 Å². The zero-order chi connectivity index (χ0) is 15.4. The number of aromatic nitrogens is 5. The standard InChI is InChI=1S/C14H14N6O2/c1-10-15-7-12(22-10)14(21)20(9-13-16-18-19-17-13)8-11-5-3-2-4-6-11/h2-7H,8-9H2,1H3,(H,16,17,18,19). The monoisotopic (exact) mass is 298 g/mol. The lowest BCUT2D eigenvalue weighted by Gasteiger charge is -2.19. The number of hydrogen-bond donors (Lipinski definition) is 1. The summed E-state index contributed by atoms with van der Waals surface area (Å²) in [6.45, 7) is 2.33. The van der Waals surface area contributed by atoms with Crippen LogP contribution in [0.2, 0.25) is 0 Å². The lowest BCUT2D eigenvalue weighted by atomic mass is 10.2. The van der Waals surface area contributed by atoms with E-state index in [0.717, 1.165) is 5.56 Å². The smallest absolute Gasteiger partial charge is 0.291 e. The van der Waals surface area contributed by atoms with Crippen LogP contribution in [0.1, 0.15) is 27.8 Å². The van der Waals surface area contributed by atoms with Gasteiger partial charge < -0.3 is 9.32 Å². The normalized spacial score (nSPS) is 10.6. The molecule has 22 heavy (non-hydrogen) atoms. The fourth-order valence-electron chi connectivity index (χ4n) is 2.04. The summed E-state index contributed by atoms with van der Waals surface area (Å²) in [5, 5.41) is 13.7. The third-order valence-corrected chi connectivity index (χ3v) is 3.06. The summed E-state index contributed by atoms with van der Waals surface area (Å²) in [6, 6.07) is 9.66. The first-order valence-corrected chi connectivity index (χ1v) is 6.70. The average Bonchev–Trinajstić information content (AvgIpc) is 3.18. The van der Waals surface area contributed by atoms with Gasteiger partial charge in [0.25, 0.3) is 5.91 Å². The number of hydrogen-bond acceptors (Lipinski definition) is 6. The second kappa shape index (κ2) is 6.17. The van der Waals surface area contributed by atoms with E-state index in [1.807, 2.05) is 30.3 Å². The van der Waals surface area contributed by atoms with E-state index in [-0.39, 0.29) is 18.2 Å². The fraction of sp³-hybridized carbons (Fsp3) is 0.214. The van der Waals surface area contributed by atoms with Crippen molar-refractivity contribution in [2.75, 3.05) is 0 Å². The Balaban J connectivity index is 1.83. The molecule has 3 rings (SSSR count). The van der Waals surface area contributed by atoms with E-state index >= 15 is 0 Å². The summed E-state index contributed by atoms with van der Waals surface area (Å²) in [4.78, 5) is 18.1. The van der Waals surface area contributed by atoms with Gasteiger partial charge in [-0.1, -0.05) is 35.5 Å². The van der Waals surface area contributed by atoms with Crippen molar-refractivity contribution in [1.29, 1.82) is 0 Å². The molecule has 2 heterocycles. The molecule has 2 aromatic heterocycles. The van der Waals surface area contributed by atoms with Crippen molar-refractivity contribution < 1.29 is 9.21 Å². The van der Waals surface area contributed by atoms with Crippen LogP contribution in [0, 0.1) is 6.92 Å². The van der Waals surface area contributed by atoms with Crippen LogP contribution in [0.25, 0.3) is 0 Å². The Morgan fingerprint density at radius 2 is 2.09 bits per heavy atom. The molecule has 0 radical (unpaired) electrons. The number of rotatable bonds is 5. The number of tetrazole rings is 1. The predicted molar refractivity (Wildman–Crippen MR) is 75.4 cm³/mol. The van der Waals surface area contributed by atoms with E-state index in [0.29, 0.717) is 18.3 Å². The minimum atomic E-state index is -0.269. The predicted octanol–water partition coefficient (Wildman–Crippen LogP) is 1.34. The largest absolute Gasteiger partial charge is 0.436 e. The third kappa shape index (κ3) is 3.17. The topological polar surface area (TPSA) is 101 Å². The van der Waals surface area contributed by atoms with Gasteiger partial charge in [-0.3, -0.25) is 4.79 Å². The first kappa shape index (κ1) is 13.9. The van der Waals surface area contributed by atoms with Crippen LogP contribution in [0.15, 0.2) is 40.9 Å². The molecule has 1 amide bonds. The Labute approximate surface area is 126 Å². The van der Waals surface area contributed by atoms with Crippen molar-refractivity contribution >= 4 is 5.91 Å². The summed E-state index contributed by atoms with van der Waals surface area (Å²) < 4.78 is 5.32. The maximum atomic E-state index is 12.6. The number of aromatic amines is 1. The molecular weight excluding hydrogens is 284 g/mol. The molecule has 0 saturated heterocycles. The molecule has 3 aromatic rings. The zero-order valence-electron chi connectivity index (χ0n) is 11.9. The first-order valence-electron chi connectivity index (χ1n) is 6.70. The van der Waals surface area contributed by atoms with Crippen molar-refractivity contribution in [3.05, 3.63) is 59.6 Å². The highest BCUT2D eigenvalue weighted by molar-refractivity contribution is 5.91. The highest BCUT2D eigenvalue weighted by Gasteiger charge is 2.21. The molecule has 8 heteroatoms. The van der Waals surface area contributed by atoms with Gasteiger partial charge in [0.15, 0.2) is 11.7 Å². The zero-order valence-corrected chi connectivity index (χ0v) is 11.9. The molecule has 0 fully saturated rings. The summed E-state index contributed by atoms with van der Waals surface area (Å²) in [6.07, 6.45) is 1.42. The van der Waals surface area contributed by atoms with Crippen LogP contribution < -0.4 is 0 Å². The van der Waals surface area contributed by atoms with Gasteiger partial charge in [-0.15, -0.1) is 10.2 Å². The van der Waals surface area contributed by atoms with E-state index in [1.54, 1.807) is 11.8 Å². The minimum absolute atomic E-state index is 0.192. The second-order valence-corrected chi connectivity index (χ2v) is 4.72. The summed E-state index contributed by atoms with van der Waals surface area (Å²) in [7, 11) is 0. The second-order valence-electron chi connectivity index (χ2n) is 4.72. The van der Waals surface area contributed by atoms with Gasteiger partial charge >= 0.3 is 0 Å². The molecule has 0 aliphatic carbocycles.